The van der Waals surface area contributed by atoms with Crippen molar-refractivity contribution in [1.82, 2.24) is 0 Å². The topological polar surface area (TPSA) is 68.2 Å². The van der Waals surface area contributed by atoms with Crippen molar-refractivity contribution in [3.63, 3.8) is 0 Å². The molecule has 5 nitrogen and oxygen atoms in total. The van der Waals surface area contributed by atoms with Gasteiger partial charge in [0.2, 0.25) is 0 Å². The quantitative estimate of drug-likeness (QED) is 0.609. The molecule has 72 valence electrons. The first kappa shape index (κ1) is 10.3. The summed E-state index contributed by atoms with van der Waals surface area (Å²) >= 11 is 0. The molecule has 1 aliphatic heterocycles. The molecule has 1 fully saturated rings. The predicted octanol–water partition coefficient (Wildman–Crippen LogP) is -0.369. The molecule has 0 radical (unpaired) electrons. The van der Waals surface area contributed by atoms with Crippen LogP contribution in [0.15, 0.2) is 0 Å². The molecule has 0 saturated carbocycles. The molecule has 2 N–H and O–H groups in total. The summed E-state index contributed by atoms with van der Waals surface area (Å²) in [5, 5.41) is 0. The van der Waals surface area contributed by atoms with Crippen molar-refractivity contribution < 1.29 is 22.9 Å². The molecule has 0 aromatic rings. The van der Waals surface area contributed by atoms with Gasteiger partial charge in [-0.3, -0.25) is 0 Å². The Labute approximate surface area is 73.5 Å². The fraction of sp³-hybridized carbons (Fsp3) is 1.00. The summed E-state index contributed by atoms with van der Waals surface area (Å²) in [4.78, 5) is 17.9. The van der Waals surface area contributed by atoms with Crippen LogP contribution >= 0.6 is 0 Å². The fourth-order valence-electron chi connectivity index (χ4n) is 0.868. The van der Waals surface area contributed by atoms with Crippen LogP contribution in [-0.2, 0) is 13.3 Å². The summed E-state index contributed by atoms with van der Waals surface area (Å²) < 4.78 is 14.8. The molecule has 1 aliphatic rings. The lowest BCUT2D eigenvalue weighted by Gasteiger charge is -2.21. The Morgan fingerprint density at radius 3 is 2.33 bits per heavy atom. The predicted molar refractivity (Wildman–Crippen MR) is 45.4 cm³/mol. The first-order chi connectivity index (χ1) is 5.29. The van der Waals surface area contributed by atoms with Crippen molar-refractivity contribution in [2.24, 2.45) is 0 Å². The standard InChI is InChI=1S/C5H14O5Si2/c1-11(2,3)9-5-4-8-12(6,7)10-5/h5-7H,4H2,1-3H3. The molecule has 0 bridgehead atoms. The fourth-order valence-corrected chi connectivity index (χ4v) is 2.75. The van der Waals surface area contributed by atoms with E-state index in [2.05, 4.69) is 4.43 Å². The van der Waals surface area contributed by atoms with Crippen molar-refractivity contribution in [2.75, 3.05) is 6.61 Å². The lowest BCUT2D eigenvalue weighted by molar-refractivity contribution is -0.0105. The minimum absolute atomic E-state index is 0.115. The van der Waals surface area contributed by atoms with E-state index < -0.39 is 23.7 Å². The Morgan fingerprint density at radius 2 is 2.00 bits per heavy atom. The van der Waals surface area contributed by atoms with Gasteiger partial charge in [-0.05, 0) is 19.6 Å². The van der Waals surface area contributed by atoms with Gasteiger partial charge in [-0.1, -0.05) is 0 Å². The summed E-state index contributed by atoms with van der Waals surface area (Å²) in [5.41, 5.74) is 0. The van der Waals surface area contributed by atoms with E-state index in [-0.39, 0.29) is 6.61 Å². The molecule has 1 unspecified atom stereocenters. The summed E-state index contributed by atoms with van der Waals surface area (Å²) in [6.45, 7) is 6.09. The molecule has 1 rings (SSSR count). The monoisotopic (exact) mass is 210 g/mol. The third-order valence-corrected chi connectivity index (χ3v) is 3.26. The molecule has 1 atom stereocenters. The van der Waals surface area contributed by atoms with Gasteiger partial charge in [0.25, 0.3) is 0 Å². The third kappa shape index (κ3) is 3.31. The van der Waals surface area contributed by atoms with Gasteiger partial charge in [0.1, 0.15) is 0 Å². The summed E-state index contributed by atoms with van der Waals surface area (Å²) in [6, 6.07) is 0. The Morgan fingerprint density at radius 1 is 1.42 bits per heavy atom. The van der Waals surface area contributed by atoms with Crippen LogP contribution in [0, 0.1) is 0 Å². The molecule has 0 aliphatic carbocycles. The average Bonchev–Trinajstić information content (AvgIpc) is 2.05. The normalized spacial score (nSPS) is 29.2. The van der Waals surface area contributed by atoms with Gasteiger partial charge in [0.15, 0.2) is 14.6 Å². The first-order valence-corrected chi connectivity index (χ1v) is 8.85. The van der Waals surface area contributed by atoms with Crippen LogP contribution in [0.1, 0.15) is 0 Å². The van der Waals surface area contributed by atoms with Crippen LogP contribution in [0.2, 0.25) is 19.6 Å². The van der Waals surface area contributed by atoms with Crippen LogP contribution in [-0.4, -0.2) is 39.9 Å². The minimum Gasteiger partial charge on any atom is -0.392 e. The van der Waals surface area contributed by atoms with Gasteiger partial charge in [-0.2, -0.15) is 0 Å². The van der Waals surface area contributed by atoms with E-state index in [1.807, 2.05) is 19.6 Å². The summed E-state index contributed by atoms with van der Waals surface area (Å²) in [6.07, 6.45) is -0.599. The molecule has 0 amide bonds. The molecule has 1 saturated heterocycles. The van der Waals surface area contributed by atoms with E-state index >= 15 is 0 Å². The molecule has 0 spiro atoms. The average molecular weight is 210 g/mol. The van der Waals surface area contributed by atoms with E-state index in [1.165, 1.54) is 0 Å². The molecule has 7 heteroatoms. The highest BCUT2D eigenvalue weighted by Gasteiger charge is 2.47. The molecular weight excluding hydrogens is 196 g/mol. The van der Waals surface area contributed by atoms with Crippen molar-refractivity contribution in [2.45, 2.75) is 25.9 Å². The highest BCUT2D eigenvalue weighted by Crippen LogP contribution is 2.18. The van der Waals surface area contributed by atoms with Gasteiger partial charge >= 0.3 is 9.05 Å². The van der Waals surface area contributed by atoms with Crippen LogP contribution < -0.4 is 0 Å². The second-order valence-electron chi connectivity index (χ2n) is 3.64. The van der Waals surface area contributed by atoms with Gasteiger partial charge in [0, 0.05) is 0 Å². The van der Waals surface area contributed by atoms with E-state index in [4.69, 9.17) is 18.4 Å². The Hall–Kier alpha value is 0.234. The maximum atomic E-state index is 8.95. The number of hydrogen-bond acceptors (Lipinski definition) is 5. The van der Waals surface area contributed by atoms with Gasteiger partial charge in [-0.25, -0.2) is 0 Å². The first-order valence-electron chi connectivity index (χ1n) is 3.73. The highest BCUT2D eigenvalue weighted by atomic mass is 28.4. The lowest BCUT2D eigenvalue weighted by Crippen LogP contribution is -2.39. The molecule has 0 aromatic carbocycles. The van der Waals surface area contributed by atoms with Crippen LogP contribution in [0.4, 0.5) is 0 Å². The third-order valence-electron chi connectivity index (χ3n) is 1.18. The van der Waals surface area contributed by atoms with E-state index in [1.54, 1.807) is 0 Å². The van der Waals surface area contributed by atoms with Gasteiger partial charge in [-0.15, -0.1) is 0 Å². The molecule has 1 heterocycles. The second kappa shape index (κ2) is 3.18. The highest BCUT2D eigenvalue weighted by molar-refractivity contribution is 6.69. The van der Waals surface area contributed by atoms with E-state index in [9.17, 15) is 0 Å². The van der Waals surface area contributed by atoms with Crippen LogP contribution in [0.25, 0.3) is 0 Å². The number of rotatable bonds is 2. The Bertz CT molecular complexity index is 166. The van der Waals surface area contributed by atoms with Crippen molar-refractivity contribution in [3.05, 3.63) is 0 Å². The van der Waals surface area contributed by atoms with E-state index in [0.717, 1.165) is 0 Å². The number of hydrogen-bond donors (Lipinski definition) is 2. The Kier molecular flexibility index (Phi) is 2.73. The van der Waals surface area contributed by atoms with Crippen molar-refractivity contribution in [1.29, 1.82) is 0 Å². The SMILES string of the molecule is C[Si](C)(C)OC1CO[Si](O)(O)O1. The zero-order valence-corrected chi connectivity index (χ0v) is 9.40. The minimum atomic E-state index is -3.81. The zero-order valence-electron chi connectivity index (χ0n) is 7.40. The molecular formula is C5H14O5Si2. The van der Waals surface area contributed by atoms with Gasteiger partial charge < -0.3 is 22.9 Å². The maximum Gasteiger partial charge on any atom is 0.676 e. The molecule has 12 heavy (non-hydrogen) atoms. The van der Waals surface area contributed by atoms with Crippen LogP contribution in [0.3, 0.4) is 0 Å². The Balaban J connectivity index is 2.39. The largest absolute Gasteiger partial charge is 0.676 e. The van der Waals surface area contributed by atoms with Crippen molar-refractivity contribution in [3.8, 4) is 0 Å². The lowest BCUT2D eigenvalue weighted by atomic mass is 10.7. The maximum absolute atomic E-state index is 8.95. The summed E-state index contributed by atoms with van der Waals surface area (Å²) in [7, 11) is -5.50. The summed E-state index contributed by atoms with van der Waals surface area (Å²) in [5.74, 6) is 0. The van der Waals surface area contributed by atoms with E-state index in [0.29, 0.717) is 0 Å². The zero-order chi connectivity index (χ0) is 9.41. The van der Waals surface area contributed by atoms with Crippen LogP contribution in [0.5, 0.6) is 0 Å². The van der Waals surface area contributed by atoms with Crippen molar-refractivity contribution >= 4 is 17.4 Å². The van der Waals surface area contributed by atoms with Gasteiger partial charge in [0.05, 0.1) is 6.61 Å². The smallest absolute Gasteiger partial charge is 0.392 e. The second-order valence-corrected chi connectivity index (χ2v) is 9.72. The molecule has 0 aromatic heterocycles.